The summed E-state index contributed by atoms with van der Waals surface area (Å²) in [5.41, 5.74) is 0.366. The minimum atomic E-state index is -0.464. The molecular weight excluding hydrogens is 166 g/mol. The Morgan fingerprint density at radius 2 is 2.08 bits per heavy atom. The van der Waals surface area contributed by atoms with E-state index in [-0.39, 0.29) is 5.56 Å². The summed E-state index contributed by atoms with van der Waals surface area (Å²) >= 11 is 0. The minimum absolute atomic E-state index is 0.277. The Balaban J connectivity index is 2.89. The molecule has 1 N–H and O–H groups in total. The predicted molar refractivity (Wildman–Crippen MR) is 50.4 cm³/mol. The van der Waals surface area contributed by atoms with E-state index in [9.17, 15) is 4.79 Å². The van der Waals surface area contributed by atoms with Gasteiger partial charge in [-0.1, -0.05) is 18.2 Å². The van der Waals surface area contributed by atoms with Gasteiger partial charge in [-0.15, -0.1) is 0 Å². The first-order valence-electron chi connectivity index (χ1n) is 3.84. The van der Waals surface area contributed by atoms with Crippen LogP contribution in [0.3, 0.4) is 0 Å². The van der Waals surface area contributed by atoms with Gasteiger partial charge in [0.25, 0.3) is 0 Å². The first-order valence-corrected chi connectivity index (χ1v) is 3.84. The zero-order valence-corrected chi connectivity index (χ0v) is 6.78. The highest BCUT2D eigenvalue weighted by atomic mass is 16.4. The molecule has 64 valence electrons. The van der Waals surface area contributed by atoms with Crippen LogP contribution in [0.25, 0.3) is 11.0 Å². The molecule has 1 aromatic carbocycles. The molecular formula is C10H7NO2. The summed E-state index contributed by atoms with van der Waals surface area (Å²) < 4.78 is 4.98. The number of rotatable bonds is 1. The number of fused-ring (bicyclic) bond motifs is 1. The molecule has 0 atom stereocenters. The highest BCUT2D eigenvalue weighted by Gasteiger charge is 2.00. The van der Waals surface area contributed by atoms with Crippen molar-refractivity contribution in [2.45, 2.75) is 0 Å². The largest absolute Gasteiger partial charge is 0.422 e. The fourth-order valence-electron chi connectivity index (χ4n) is 1.18. The van der Waals surface area contributed by atoms with Gasteiger partial charge in [0.15, 0.2) is 0 Å². The normalized spacial score (nSPS) is 10.2. The SMILES string of the molecule is N=Cc1cc2ccccc2oc1=O. The summed E-state index contributed by atoms with van der Waals surface area (Å²) in [7, 11) is 0. The van der Waals surface area contributed by atoms with Gasteiger partial charge in [0, 0.05) is 11.6 Å². The van der Waals surface area contributed by atoms with Crippen LogP contribution in [0.4, 0.5) is 0 Å². The van der Waals surface area contributed by atoms with Crippen LogP contribution < -0.4 is 5.63 Å². The zero-order valence-electron chi connectivity index (χ0n) is 6.78. The summed E-state index contributed by atoms with van der Waals surface area (Å²) in [4.78, 5) is 11.1. The molecule has 0 spiro atoms. The Hall–Kier alpha value is -1.90. The van der Waals surface area contributed by atoms with Crippen molar-refractivity contribution >= 4 is 17.2 Å². The lowest BCUT2D eigenvalue weighted by atomic mass is 10.2. The van der Waals surface area contributed by atoms with Crippen LogP contribution in [0, 0.1) is 5.41 Å². The first kappa shape index (κ1) is 7.73. The molecule has 1 heterocycles. The van der Waals surface area contributed by atoms with E-state index in [0.29, 0.717) is 5.58 Å². The maximum absolute atomic E-state index is 11.1. The second-order valence-corrected chi connectivity index (χ2v) is 2.67. The van der Waals surface area contributed by atoms with Crippen molar-refractivity contribution in [2.75, 3.05) is 0 Å². The van der Waals surface area contributed by atoms with Gasteiger partial charge in [-0.2, -0.15) is 0 Å². The lowest BCUT2D eigenvalue weighted by Crippen LogP contribution is -2.05. The van der Waals surface area contributed by atoms with Crippen LogP contribution in [0.2, 0.25) is 0 Å². The Labute approximate surface area is 74.1 Å². The Morgan fingerprint density at radius 1 is 1.31 bits per heavy atom. The number of hydrogen-bond donors (Lipinski definition) is 1. The molecule has 13 heavy (non-hydrogen) atoms. The Kier molecular flexibility index (Phi) is 1.70. The van der Waals surface area contributed by atoms with Crippen molar-refractivity contribution in [3.05, 3.63) is 46.3 Å². The van der Waals surface area contributed by atoms with Gasteiger partial charge in [0.05, 0.1) is 5.56 Å². The van der Waals surface area contributed by atoms with Gasteiger partial charge >= 0.3 is 5.63 Å². The monoisotopic (exact) mass is 173 g/mol. The second-order valence-electron chi connectivity index (χ2n) is 2.67. The molecule has 2 rings (SSSR count). The van der Waals surface area contributed by atoms with Crippen LogP contribution in [0.5, 0.6) is 0 Å². The van der Waals surface area contributed by atoms with E-state index in [1.54, 1.807) is 18.2 Å². The maximum Gasteiger partial charge on any atom is 0.345 e. The molecule has 2 aromatic rings. The summed E-state index contributed by atoms with van der Waals surface area (Å²) in [6.07, 6.45) is 0.998. The average Bonchev–Trinajstić information content (AvgIpc) is 2.17. The fourth-order valence-corrected chi connectivity index (χ4v) is 1.18. The maximum atomic E-state index is 11.1. The Morgan fingerprint density at radius 3 is 2.85 bits per heavy atom. The predicted octanol–water partition coefficient (Wildman–Crippen LogP) is 1.79. The minimum Gasteiger partial charge on any atom is -0.422 e. The van der Waals surface area contributed by atoms with Crippen LogP contribution in [0.15, 0.2) is 39.5 Å². The van der Waals surface area contributed by atoms with Crippen LogP contribution >= 0.6 is 0 Å². The molecule has 0 amide bonds. The molecule has 0 radical (unpaired) electrons. The molecule has 0 aliphatic rings. The zero-order chi connectivity index (χ0) is 9.26. The Bertz CT molecular complexity index is 514. The van der Waals surface area contributed by atoms with Crippen molar-refractivity contribution < 1.29 is 4.42 Å². The van der Waals surface area contributed by atoms with Crippen molar-refractivity contribution in [3.63, 3.8) is 0 Å². The highest BCUT2D eigenvalue weighted by molar-refractivity contribution is 5.84. The van der Waals surface area contributed by atoms with Gasteiger partial charge in [0.1, 0.15) is 5.58 Å². The third-order valence-electron chi connectivity index (χ3n) is 1.82. The van der Waals surface area contributed by atoms with Gasteiger partial charge in [0.2, 0.25) is 0 Å². The molecule has 0 bridgehead atoms. The van der Waals surface area contributed by atoms with Crippen LogP contribution in [0.1, 0.15) is 5.56 Å². The summed E-state index contributed by atoms with van der Waals surface area (Å²) in [6.45, 7) is 0. The first-order chi connectivity index (χ1) is 6.31. The van der Waals surface area contributed by atoms with Gasteiger partial charge in [-0.05, 0) is 12.1 Å². The number of hydrogen-bond acceptors (Lipinski definition) is 3. The van der Waals surface area contributed by atoms with E-state index in [4.69, 9.17) is 9.83 Å². The van der Waals surface area contributed by atoms with E-state index in [1.807, 2.05) is 12.1 Å². The highest BCUT2D eigenvalue weighted by Crippen LogP contribution is 2.11. The van der Waals surface area contributed by atoms with Crippen molar-refractivity contribution in [2.24, 2.45) is 0 Å². The quantitative estimate of drug-likeness (QED) is 0.528. The topological polar surface area (TPSA) is 54.1 Å². The van der Waals surface area contributed by atoms with Gasteiger partial charge < -0.3 is 9.83 Å². The third-order valence-corrected chi connectivity index (χ3v) is 1.82. The number of para-hydroxylation sites is 1. The lowest BCUT2D eigenvalue weighted by molar-refractivity contribution is 0.560. The smallest absolute Gasteiger partial charge is 0.345 e. The van der Waals surface area contributed by atoms with Gasteiger partial charge in [-0.25, -0.2) is 4.79 Å². The van der Waals surface area contributed by atoms with E-state index in [0.717, 1.165) is 11.6 Å². The van der Waals surface area contributed by atoms with E-state index in [1.165, 1.54) is 0 Å². The van der Waals surface area contributed by atoms with Crippen LogP contribution in [-0.2, 0) is 0 Å². The van der Waals surface area contributed by atoms with E-state index >= 15 is 0 Å². The summed E-state index contributed by atoms with van der Waals surface area (Å²) in [5, 5.41) is 7.81. The summed E-state index contributed by atoms with van der Waals surface area (Å²) in [6, 6.07) is 8.87. The molecule has 0 saturated heterocycles. The molecule has 3 heteroatoms. The lowest BCUT2D eigenvalue weighted by Gasteiger charge is -1.95. The fraction of sp³-hybridized carbons (Fsp3) is 0. The summed E-state index contributed by atoms with van der Waals surface area (Å²) in [5.74, 6) is 0. The molecule has 3 nitrogen and oxygen atoms in total. The molecule has 0 saturated carbocycles. The molecule has 0 fully saturated rings. The second kappa shape index (κ2) is 2.86. The van der Waals surface area contributed by atoms with Crippen LogP contribution in [-0.4, -0.2) is 6.21 Å². The van der Waals surface area contributed by atoms with Gasteiger partial charge in [-0.3, -0.25) is 0 Å². The molecule has 1 aromatic heterocycles. The van der Waals surface area contributed by atoms with E-state index in [2.05, 4.69) is 0 Å². The third kappa shape index (κ3) is 1.24. The van der Waals surface area contributed by atoms with E-state index < -0.39 is 5.63 Å². The van der Waals surface area contributed by atoms with Crippen molar-refractivity contribution in [3.8, 4) is 0 Å². The molecule has 0 aliphatic heterocycles. The number of benzene rings is 1. The number of nitrogens with one attached hydrogen (secondary N) is 1. The molecule has 0 unspecified atom stereocenters. The molecule has 0 aliphatic carbocycles. The standard InChI is InChI=1S/C10H7NO2/c11-6-8-5-7-3-1-2-4-9(7)13-10(8)12/h1-6,11H. The van der Waals surface area contributed by atoms with Crippen molar-refractivity contribution in [1.82, 2.24) is 0 Å². The average molecular weight is 173 g/mol. The van der Waals surface area contributed by atoms with Crippen molar-refractivity contribution in [1.29, 1.82) is 5.41 Å².